The maximum atomic E-state index is 5.70. The Labute approximate surface area is 98.2 Å². The molecule has 1 aliphatic rings. The summed E-state index contributed by atoms with van der Waals surface area (Å²) in [5.41, 5.74) is 0. The monoisotopic (exact) mass is 254 g/mol. The molecule has 0 radical (unpaired) electrons. The lowest BCUT2D eigenvalue weighted by atomic mass is 10.3. The minimum Gasteiger partial charge on any atom is -0.371 e. The van der Waals surface area contributed by atoms with Crippen LogP contribution < -0.4 is 5.32 Å². The molecule has 0 bridgehead atoms. The van der Waals surface area contributed by atoms with E-state index >= 15 is 0 Å². The molecule has 3 nitrogen and oxygen atoms in total. The first-order valence-electron chi connectivity index (χ1n) is 4.27. The van der Waals surface area contributed by atoms with Gasteiger partial charge in [-0.25, -0.2) is 4.98 Å². The number of thiazole rings is 1. The van der Waals surface area contributed by atoms with Crippen LogP contribution >= 0.6 is 35.3 Å². The van der Waals surface area contributed by atoms with Crippen molar-refractivity contribution in [3.05, 3.63) is 15.5 Å². The quantitative estimate of drug-likeness (QED) is 0.898. The van der Waals surface area contributed by atoms with Gasteiger partial charge in [-0.3, -0.25) is 0 Å². The molecule has 2 rings (SSSR count). The molecule has 14 heavy (non-hydrogen) atoms. The van der Waals surface area contributed by atoms with Crippen molar-refractivity contribution in [2.45, 2.75) is 19.1 Å². The fraction of sp³-hybridized carbons (Fsp3) is 0.625. The van der Waals surface area contributed by atoms with E-state index in [9.17, 15) is 0 Å². The largest absolute Gasteiger partial charge is 0.371 e. The Morgan fingerprint density at radius 2 is 2.57 bits per heavy atom. The van der Waals surface area contributed by atoms with Gasteiger partial charge in [-0.1, -0.05) is 11.6 Å². The van der Waals surface area contributed by atoms with Crippen LogP contribution in [0.25, 0.3) is 0 Å². The number of rotatable bonds is 3. The first-order valence-corrected chi connectivity index (χ1v) is 5.46. The van der Waals surface area contributed by atoms with E-state index in [-0.39, 0.29) is 12.4 Å². The van der Waals surface area contributed by atoms with Crippen LogP contribution in [0.4, 0.5) is 0 Å². The first-order chi connectivity index (χ1) is 6.34. The van der Waals surface area contributed by atoms with E-state index in [0.717, 1.165) is 24.4 Å². The van der Waals surface area contributed by atoms with Crippen molar-refractivity contribution < 1.29 is 4.74 Å². The zero-order chi connectivity index (χ0) is 9.10. The molecule has 0 aromatic carbocycles. The van der Waals surface area contributed by atoms with Gasteiger partial charge in [-0.15, -0.1) is 23.7 Å². The third-order valence-corrected chi connectivity index (χ3v) is 3.09. The van der Waals surface area contributed by atoms with Crippen LogP contribution in [-0.2, 0) is 11.3 Å². The summed E-state index contributed by atoms with van der Waals surface area (Å²) in [5.74, 6) is 0. The van der Waals surface area contributed by atoms with E-state index in [4.69, 9.17) is 16.3 Å². The van der Waals surface area contributed by atoms with E-state index in [1.165, 1.54) is 11.3 Å². The zero-order valence-electron chi connectivity index (χ0n) is 7.53. The maximum Gasteiger partial charge on any atom is 0.183 e. The van der Waals surface area contributed by atoms with E-state index in [0.29, 0.717) is 17.2 Å². The Bertz CT molecular complexity index is 276. The van der Waals surface area contributed by atoms with Gasteiger partial charge < -0.3 is 10.1 Å². The number of nitrogens with zero attached hydrogens (tertiary/aromatic N) is 1. The zero-order valence-corrected chi connectivity index (χ0v) is 9.92. The maximum absolute atomic E-state index is 5.70. The molecule has 0 spiro atoms. The van der Waals surface area contributed by atoms with Gasteiger partial charge in [0.2, 0.25) is 0 Å². The topological polar surface area (TPSA) is 34.1 Å². The fourth-order valence-corrected chi connectivity index (χ4v) is 2.22. The lowest BCUT2D eigenvalue weighted by molar-refractivity contribution is 0.0558. The van der Waals surface area contributed by atoms with E-state index in [1.54, 1.807) is 6.20 Å². The van der Waals surface area contributed by atoms with Crippen molar-refractivity contribution in [3.8, 4) is 0 Å². The molecule has 80 valence electrons. The molecule has 0 saturated carbocycles. The van der Waals surface area contributed by atoms with Gasteiger partial charge in [0, 0.05) is 12.7 Å². The van der Waals surface area contributed by atoms with Crippen LogP contribution in [0.5, 0.6) is 0 Å². The number of nitrogens with one attached hydrogen (secondary N) is 1. The lowest BCUT2D eigenvalue weighted by Crippen LogP contribution is -2.16. The van der Waals surface area contributed by atoms with Crippen LogP contribution in [0.15, 0.2) is 6.20 Å². The number of ether oxygens (including phenoxy) is 1. The molecule has 1 aromatic heterocycles. The summed E-state index contributed by atoms with van der Waals surface area (Å²) in [4.78, 5) is 5.04. The van der Waals surface area contributed by atoms with Crippen molar-refractivity contribution in [1.82, 2.24) is 10.3 Å². The average molecular weight is 255 g/mol. The molecule has 1 atom stereocenters. The minimum absolute atomic E-state index is 0. The van der Waals surface area contributed by atoms with Gasteiger partial charge in [0.25, 0.3) is 0 Å². The summed E-state index contributed by atoms with van der Waals surface area (Å²) in [6, 6.07) is 0. The summed E-state index contributed by atoms with van der Waals surface area (Å²) < 4.78 is 6.24. The van der Waals surface area contributed by atoms with Gasteiger partial charge >= 0.3 is 0 Å². The highest BCUT2D eigenvalue weighted by Gasteiger charge is 2.14. The van der Waals surface area contributed by atoms with Crippen LogP contribution in [0.1, 0.15) is 11.3 Å². The van der Waals surface area contributed by atoms with Gasteiger partial charge in [0.05, 0.1) is 17.6 Å². The number of hydrogen-bond donors (Lipinski definition) is 1. The van der Waals surface area contributed by atoms with Crippen LogP contribution in [-0.4, -0.2) is 24.2 Å². The third kappa shape index (κ3) is 3.37. The highest BCUT2D eigenvalue weighted by molar-refractivity contribution is 7.15. The predicted octanol–water partition coefficient (Wildman–Crippen LogP) is 2.10. The van der Waals surface area contributed by atoms with E-state index in [1.807, 2.05) is 0 Å². The molecule has 1 fully saturated rings. The van der Waals surface area contributed by atoms with Crippen LogP contribution in [0.3, 0.4) is 0 Å². The standard InChI is InChI=1S/C8H11ClN2OS.ClH/c9-8-11-4-7(13-8)5-12-6-1-2-10-3-6;/h4,6,10H,1-3,5H2;1H/t6-;/m0./s1. The summed E-state index contributed by atoms with van der Waals surface area (Å²) >= 11 is 7.18. The predicted molar refractivity (Wildman–Crippen MR) is 60.4 cm³/mol. The van der Waals surface area contributed by atoms with Crippen LogP contribution in [0.2, 0.25) is 4.47 Å². The van der Waals surface area contributed by atoms with Gasteiger partial charge in [-0.2, -0.15) is 0 Å². The summed E-state index contributed by atoms with van der Waals surface area (Å²) in [6.45, 7) is 2.66. The van der Waals surface area contributed by atoms with Crippen molar-refractivity contribution >= 4 is 35.3 Å². The molecule has 0 amide bonds. The number of hydrogen-bond acceptors (Lipinski definition) is 4. The Balaban J connectivity index is 0.000000980. The fourth-order valence-electron chi connectivity index (χ4n) is 1.32. The van der Waals surface area contributed by atoms with E-state index in [2.05, 4.69) is 10.3 Å². The Morgan fingerprint density at radius 3 is 3.14 bits per heavy atom. The van der Waals surface area contributed by atoms with Crippen LogP contribution in [0, 0.1) is 0 Å². The molecular weight excluding hydrogens is 243 g/mol. The van der Waals surface area contributed by atoms with Crippen molar-refractivity contribution in [2.75, 3.05) is 13.1 Å². The molecule has 1 aliphatic heterocycles. The second kappa shape index (κ2) is 5.88. The number of aromatic nitrogens is 1. The number of halogens is 2. The molecule has 1 aromatic rings. The smallest absolute Gasteiger partial charge is 0.183 e. The SMILES string of the molecule is Cl.Clc1ncc(CO[C@H]2CCNC2)s1. The molecule has 1 saturated heterocycles. The van der Waals surface area contributed by atoms with Gasteiger partial charge in [-0.05, 0) is 13.0 Å². The molecule has 6 heteroatoms. The third-order valence-electron chi connectivity index (χ3n) is 2.00. The molecule has 2 heterocycles. The molecule has 0 unspecified atom stereocenters. The summed E-state index contributed by atoms with van der Waals surface area (Å²) in [7, 11) is 0. The van der Waals surface area contributed by atoms with Gasteiger partial charge in [0.15, 0.2) is 4.47 Å². The van der Waals surface area contributed by atoms with Crippen molar-refractivity contribution in [2.24, 2.45) is 0 Å². The molecular formula is C8H12Cl2N2OS. The van der Waals surface area contributed by atoms with Gasteiger partial charge in [0.1, 0.15) is 0 Å². The highest BCUT2D eigenvalue weighted by Crippen LogP contribution is 2.19. The summed E-state index contributed by atoms with van der Waals surface area (Å²) in [5, 5.41) is 3.25. The van der Waals surface area contributed by atoms with E-state index < -0.39 is 0 Å². The minimum atomic E-state index is 0. The van der Waals surface area contributed by atoms with Crippen molar-refractivity contribution in [3.63, 3.8) is 0 Å². The molecule has 0 aliphatic carbocycles. The first kappa shape index (κ1) is 12.2. The highest BCUT2D eigenvalue weighted by atomic mass is 35.5. The lowest BCUT2D eigenvalue weighted by Gasteiger charge is -2.07. The summed E-state index contributed by atoms with van der Waals surface area (Å²) in [6.07, 6.45) is 3.24. The average Bonchev–Trinajstić information content (AvgIpc) is 2.71. The Kier molecular flexibility index (Phi) is 5.12. The Hall–Kier alpha value is 0.130. The second-order valence-corrected chi connectivity index (χ2v) is 4.70. The molecule has 1 N–H and O–H groups in total. The van der Waals surface area contributed by atoms with Crippen molar-refractivity contribution in [1.29, 1.82) is 0 Å². The normalized spacial score (nSPS) is 20.8. The second-order valence-electron chi connectivity index (χ2n) is 3.01. The Morgan fingerprint density at radius 1 is 1.71 bits per heavy atom.